The van der Waals surface area contributed by atoms with E-state index in [1.54, 1.807) is 6.07 Å². The Morgan fingerprint density at radius 1 is 1.28 bits per heavy atom. The lowest BCUT2D eigenvalue weighted by Crippen LogP contribution is -2.52. The fourth-order valence-electron chi connectivity index (χ4n) is 3.63. The molecule has 3 rings (SSSR count). The Hall–Kier alpha value is -3.23. The van der Waals surface area contributed by atoms with Crippen LogP contribution < -0.4 is 10.6 Å². The molecule has 2 atom stereocenters. The quantitative estimate of drug-likeness (QED) is 0.600. The molecule has 154 valence electrons. The summed E-state index contributed by atoms with van der Waals surface area (Å²) in [5, 5.41) is 14.0. The average Bonchev–Trinajstić information content (AvgIpc) is 2.96. The highest BCUT2D eigenvalue weighted by Gasteiger charge is 2.39. The van der Waals surface area contributed by atoms with Crippen molar-refractivity contribution in [1.82, 2.24) is 15.5 Å². The van der Waals surface area contributed by atoms with Crippen LogP contribution in [0.5, 0.6) is 0 Å². The maximum Gasteiger partial charge on any atom is 0.326 e. The molecular formula is C20H23N3O6. The van der Waals surface area contributed by atoms with Gasteiger partial charge in [0.05, 0.1) is 0 Å². The van der Waals surface area contributed by atoms with E-state index in [9.17, 15) is 29.1 Å². The second-order valence-electron chi connectivity index (χ2n) is 7.77. The summed E-state index contributed by atoms with van der Waals surface area (Å²) in [4.78, 5) is 61.5. The molecule has 29 heavy (non-hydrogen) atoms. The summed E-state index contributed by atoms with van der Waals surface area (Å²) in [6.45, 7) is 3.94. The predicted molar refractivity (Wildman–Crippen MR) is 101 cm³/mol. The number of carboxylic acids is 1. The van der Waals surface area contributed by atoms with E-state index in [2.05, 4.69) is 10.6 Å². The van der Waals surface area contributed by atoms with Gasteiger partial charge in [0, 0.05) is 24.1 Å². The molecule has 0 aromatic heterocycles. The van der Waals surface area contributed by atoms with Crippen molar-refractivity contribution in [2.75, 3.05) is 0 Å². The van der Waals surface area contributed by atoms with E-state index in [0.29, 0.717) is 11.1 Å². The number of rotatable bonds is 6. The summed E-state index contributed by atoms with van der Waals surface area (Å²) in [6.07, 6.45) is 0.706. The Labute approximate surface area is 167 Å². The second-order valence-corrected chi connectivity index (χ2v) is 7.77. The average molecular weight is 401 g/mol. The summed E-state index contributed by atoms with van der Waals surface area (Å²) in [5.74, 6) is -2.86. The van der Waals surface area contributed by atoms with E-state index < -0.39 is 29.9 Å². The number of aliphatic carboxylic acids is 1. The van der Waals surface area contributed by atoms with Gasteiger partial charge in [0.2, 0.25) is 11.8 Å². The Morgan fingerprint density at radius 3 is 2.62 bits per heavy atom. The zero-order chi connectivity index (χ0) is 21.3. The van der Waals surface area contributed by atoms with Crippen LogP contribution in [0.4, 0.5) is 0 Å². The number of imide groups is 1. The van der Waals surface area contributed by atoms with Gasteiger partial charge in [-0.2, -0.15) is 0 Å². The molecule has 1 unspecified atom stereocenters. The molecule has 3 N–H and O–H groups in total. The standard InChI is InChI=1S/C20H23N3O6/c1-10(2)7-14(20(28)29)21-17(25)11-3-4-12-9-23(19(27)13(12)8-11)15-5-6-16(24)22-18(15)26/h3-4,8,10,14-15H,5-7,9H2,1-2H3,(H,21,25)(H,28,29)(H,22,24,26)/t14-,15?/m0/s1. The van der Waals surface area contributed by atoms with Gasteiger partial charge in [-0.05, 0) is 36.5 Å². The van der Waals surface area contributed by atoms with Crippen LogP contribution in [0.15, 0.2) is 18.2 Å². The normalized spacial score (nSPS) is 19.8. The summed E-state index contributed by atoms with van der Waals surface area (Å²) in [7, 11) is 0. The number of piperidine rings is 1. The van der Waals surface area contributed by atoms with Crippen LogP contribution in [0, 0.1) is 5.92 Å². The number of nitrogens with zero attached hydrogens (tertiary/aromatic N) is 1. The zero-order valence-electron chi connectivity index (χ0n) is 16.2. The largest absolute Gasteiger partial charge is 0.480 e. The van der Waals surface area contributed by atoms with E-state index >= 15 is 0 Å². The van der Waals surface area contributed by atoms with Crippen molar-refractivity contribution >= 4 is 29.6 Å². The van der Waals surface area contributed by atoms with Gasteiger partial charge in [0.15, 0.2) is 0 Å². The fourth-order valence-corrected chi connectivity index (χ4v) is 3.63. The summed E-state index contributed by atoms with van der Waals surface area (Å²) in [6, 6.07) is 2.84. The summed E-state index contributed by atoms with van der Waals surface area (Å²) in [5.41, 5.74) is 1.16. The highest BCUT2D eigenvalue weighted by Crippen LogP contribution is 2.28. The fraction of sp³-hybridized carbons (Fsp3) is 0.450. The number of carbonyl (C=O) groups is 5. The molecule has 0 bridgehead atoms. The molecule has 0 spiro atoms. The first-order valence-corrected chi connectivity index (χ1v) is 9.48. The first-order valence-electron chi connectivity index (χ1n) is 9.48. The minimum absolute atomic E-state index is 0.0834. The van der Waals surface area contributed by atoms with Gasteiger partial charge < -0.3 is 15.3 Å². The number of fused-ring (bicyclic) bond motifs is 1. The predicted octanol–water partition coefficient (Wildman–Crippen LogP) is 0.677. The molecule has 1 aromatic rings. The number of nitrogens with one attached hydrogen (secondary N) is 2. The molecule has 2 aliphatic heterocycles. The molecule has 0 aliphatic carbocycles. The Bertz CT molecular complexity index is 894. The maximum absolute atomic E-state index is 12.8. The van der Waals surface area contributed by atoms with Crippen LogP contribution in [0.3, 0.4) is 0 Å². The summed E-state index contributed by atoms with van der Waals surface area (Å²) >= 11 is 0. The maximum atomic E-state index is 12.8. The van der Waals surface area contributed by atoms with Crippen LogP contribution in [-0.4, -0.2) is 51.7 Å². The van der Waals surface area contributed by atoms with Gasteiger partial charge in [-0.15, -0.1) is 0 Å². The number of amides is 4. The Kier molecular flexibility index (Phi) is 5.67. The van der Waals surface area contributed by atoms with E-state index in [4.69, 9.17) is 0 Å². The highest BCUT2D eigenvalue weighted by atomic mass is 16.4. The number of hydrogen-bond acceptors (Lipinski definition) is 5. The third-order valence-electron chi connectivity index (χ3n) is 5.10. The van der Waals surface area contributed by atoms with Gasteiger partial charge in [-0.25, -0.2) is 4.79 Å². The van der Waals surface area contributed by atoms with Crippen LogP contribution in [0.1, 0.15) is 59.4 Å². The van der Waals surface area contributed by atoms with Gasteiger partial charge in [-0.3, -0.25) is 24.5 Å². The van der Waals surface area contributed by atoms with Crippen molar-refractivity contribution in [2.24, 2.45) is 5.92 Å². The monoisotopic (exact) mass is 401 g/mol. The van der Waals surface area contributed by atoms with Crippen molar-refractivity contribution in [2.45, 2.75) is 51.7 Å². The minimum Gasteiger partial charge on any atom is -0.480 e. The highest BCUT2D eigenvalue weighted by molar-refractivity contribution is 6.06. The number of carbonyl (C=O) groups excluding carboxylic acids is 4. The van der Waals surface area contributed by atoms with Crippen molar-refractivity contribution < 1.29 is 29.1 Å². The molecule has 1 saturated heterocycles. The van der Waals surface area contributed by atoms with E-state index in [-0.39, 0.29) is 49.1 Å². The van der Waals surface area contributed by atoms with Crippen molar-refractivity contribution in [3.63, 3.8) is 0 Å². The van der Waals surface area contributed by atoms with E-state index in [0.717, 1.165) is 0 Å². The first-order chi connectivity index (χ1) is 13.7. The SMILES string of the molecule is CC(C)C[C@H](NC(=O)c1ccc2c(c1)C(=O)N(C1CCC(=O)NC1=O)C2)C(=O)O. The molecular weight excluding hydrogens is 378 g/mol. The zero-order valence-corrected chi connectivity index (χ0v) is 16.2. The smallest absolute Gasteiger partial charge is 0.326 e. The minimum atomic E-state index is -1.12. The molecule has 2 heterocycles. The Balaban J connectivity index is 1.76. The van der Waals surface area contributed by atoms with Crippen LogP contribution in [0.2, 0.25) is 0 Å². The lowest BCUT2D eigenvalue weighted by molar-refractivity contribution is -0.140. The van der Waals surface area contributed by atoms with Gasteiger partial charge in [0.1, 0.15) is 12.1 Å². The topological polar surface area (TPSA) is 133 Å². The van der Waals surface area contributed by atoms with Crippen molar-refractivity contribution in [3.8, 4) is 0 Å². The molecule has 4 amide bonds. The van der Waals surface area contributed by atoms with Gasteiger partial charge >= 0.3 is 5.97 Å². The van der Waals surface area contributed by atoms with Gasteiger partial charge in [0.25, 0.3) is 11.8 Å². The van der Waals surface area contributed by atoms with Crippen molar-refractivity contribution in [1.29, 1.82) is 0 Å². The lowest BCUT2D eigenvalue weighted by atomic mass is 10.0. The first kappa shape index (κ1) is 20.5. The second kappa shape index (κ2) is 8.02. The molecule has 1 aromatic carbocycles. The summed E-state index contributed by atoms with van der Waals surface area (Å²) < 4.78 is 0. The van der Waals surface area contributed by atoms with Crippen LogP contribution >= 0.6 is 0 Å². The third kappa shape index (κ3) is 4.28. The van der Waals surface area contributed by atoms with Crippen LogP contribution in [-0.2, 0) is 20.9 Å². The van der Waals surface area contributed by atoms with Gasteiger partial charge in [-0.1, -0.05) is 19.9 Å². The number of carboxylic acid groups (broad SMARTS) is 1. The molecule has 9 nitrogen and oxygen atoms in total. The number of benzene rings is 1. The van der Waals surface area contributed by atoms with Crippen molar-refractivity contribution in [3.05, 3.63) is 34.9 Å². The lowest BCUT2D eigenvalue weighted by Gasteiger charge is -2.29. The van der Waals surface area contributed by atoms with E-state index in [1.165, 1.54) is 17.0 Å². The number of hydrogen-bond donors (Lipinski definition) is 3. The third-order valence-corrected chi connectivity index (χ3v) is 5.10. The van der Waals surface area contributed by atoms with E-state index in [1.807, 2.05) is 13.8 Å². The molecule has 0 radical (unpaired) electrons. The Morgan fingerprint density at radius 2 is 2.00 bits per heavy atom. The molecule has 1 fully saturated rings. The molecule has 9 heteroatoms. The molecule has 0 saturated carbocycles. The van der Waals surface area contributed by atoms with Crippen LogP contribution in [0.25, 0.3) is 0 Å². The molecule has 2 aliphatic rings.